The number of hydrogen-bond acceptors (Lipinski definition) is 6. The SMILES string of the molecule is O=S(=O)([O-])c1cccc2c1nnn2O.[Na+]. The zero-order valence-electron chi connectivity index (χ0n) is 7.65. The Morgan fingerprint density at radius 3 is 2.67 bits per heavy atom. The van der Waals surface area contributed by atoms with Gasteiger partial charge in [0.2, 0.25) is 0 Å². The molecule has 0 aliphatic rings. The summed E-state index contributed by atoms with van der Waals surface area (Å²) in [4.78, 5) is -0.0837. The van der Waals surface area contributed by atoms with Crippen LogP contribution in [0.3, 0.4) is 0 Å². The van der Waals surface area contributed by atoms with Crippen LogP contribution in [0.1, 0.15) is 0 Å². The van der Waals surface area contributed by atoms with Gasteiger partial charge in [-0.3, -0.25) is 0 Å². The van der Waals surface area contributed by atoms with Gasteiger partial charge in [-0.1, -0.05) is 10.9 Å². The molecule has 0 atom stereocenters. The van der Waals surface area contributed by atoms with Gasteiger partial charge in [0, 0.05) is 0 Å². The van der Waals surface area contributed by atoms with Crippen molar-refractivity contribution >= 4 is 21.2 Å². The van der Waals surface area contributed by atoms with Gasteiger partial charge in [-0.05, 0) is 17.3 Å². The van der Waals surface area contributed by atoms with Crippen molar-refractivity contribution in [2.75, 3.05) is 0 Å². The molecule has 1 aromatic carbocycles. The van der Waals surface area contributed by atoms with E-state index in [1.54, 1.807) is 0 Å². The van der Waals surface area contributed by atoms with Crippen LogP contribution in [0.5, 0.6) is 0 Å². The summed E-state index contributed by atoms with van der Waals surface area (Å²) in [6.45, 7) is 0. The summed E-state index contributed by atoms with van der Waals surface area (Å²) in [5, 5.41) is 15.6. The molecule has 0 bridgehead atoms. The molecule has 0 radical (unpaired) electrons. The molecule has 74 valence electrons. The molecule has 0 aliphatic heterocycles. The fourth-order valence-corrected chi connectivity index (χ4v) is 1.74. The van der Waals surface area contributed by atoms with Gasteiger partial charge in [0.1, 0.15) is 21.2 Å². The molecule has 0 saturated carbocycles. The first kappa shape index (κ1) is 12.4. The second-order valence-electron chi connectivity index (χ2n) is 2.56. The second-order valence-corrected chi connectivity index (χ2v) is 3.90. The maximum Gasteiger partial charge on any atom is 1.00 e. The summed E-state index contributed by atoms with van der Waals surface area (Å²) < 4.78 is 32.2. The van der Waals surface area contributed by atoms with Crippen molar-refractivity contribution in [3.05, 3.63) is 18.2 Å². The number of hydrogen-bond donors (Lipinski definition) is 1. The molecule has 15 heavy (non-hydrogen) atoms. The predicted molar refractivity (Wildman–Crippen MR) is 42.7 cm³/mol. The molecule has 7 nitrogen and oxygen atoms in total. The summed E-state index contributed by atoms with van der Waals surface area (Å²) >= 11 is 0. The van der Waals surface area contributed by atoms with E-state index in [4.69, 9.17) is 5.21 Å². The zero-order valence-corrected chi connectivity index (χ0v) is 10.5. The summed E-state index contributed by atoms with van der Waals surface area (Å²) in [6.07, 6.45) is 0. The van der Waals surface area contributed by atoms with Crippen molar-refractivity contribution in [3.8, 4) is 0 Å². The van der Waals surface area contributed by atoms with Gasteiger partial charge < -0.3 is 9.76 Å². The van der Waals surface area contributed by atoms with Crippen molar-refractivity contribution in [2.45, 2.75) is 4.90 Å². The van der Waals surface area contributed by atoms with Crippen LogP contribution < -0.4 is 29.6 Å². The van der Waals surface area contributed by atoms with E-state index in [2.05, 4.69) is 10.3 Å². The van der Waals surface area contributed by atoms with Crippen LogP contribution >= 0.6 is 0 Å². The van der Waals surface area contributed by atoms with Gasteiger partial charge in [-0.15, -0.1) is 5.10 Å². The molecule has 0 aliphatic carbocycles. The number of benzene rings is 1. The molecule has 1 aromatic heterocycles. The monoisotopic (exact) mass is 237 g/mol. The van der Waals surface area contributed by atoms with E-state index >= 15 is 0 Å². The largest absolute Gasteiger partial charge is 1.00 e. The topological polar surface area (TPSA) is 108 Å². The summed E-state index contributed by atoms with van der Waals surface area (Å²) in [7, 11) is -4.59. The van der Waals surface area contributed by atoms with E-state index in [1.165, 1.54) is 12.1 Å². The summed E-state index contributed by atoms with van der Waals surface area (Å²) in [6, 6.07) is 3.83. The van der Waals surface area contributed by atoms with E-state index in [9.17, 15) is 13.0 Å². The molecule has 2 aromatic rings. The van der Waals surface area contributed by atoms with Crippen molar-refractivity contribution in [3.63, 3.8) is 0 Å². The van der Waals surface area contributed by atoms with Gasteiger partial charge in [0.25, 0.3) is 0 Å². The van der Waals surface area contributed by atoms with Gasteiger partial charge in [-0.25, -0.2) is 8.42 Å². The average Bonchev–Trinajstić information content (AvgIpc) is 2.46. The fraction of sp³-hybridized carbons (Fsp3) is 0. The Morgan fingerprint density at radius 2 is 2.07 bits per heavy atom. The van der Waals surface area contributed by atoms with Crippen LogP contribution in [0.4, 0.5) is 0 Å². The Bertz CT molecular complexity index is 593. The second kappa shape index (κ2) is 4.06. The first-order chi connectivity index (χ1) is 6.50. The quantitative estimate of drug-likeness (QED) is 0.314. The Labute approximate surface area is 107 Å². The maximum atomic E-state index is 10.7. The van der Waals surface area contributed by atoms with Crippen molar-refractivity contribution in [2.24, 2.45) is 0 Å². The minimum atomic E-state index is -4.59. The van der Waals surface area contributed by atoms with Crippen LogP contribution in [0.15, 0.2) is 23.1 Å². The molecule has 0 fully saturated rings. The van der Waals surface area contributed by atoms with E-state index in [-0.39, 0.29) is 40.6 Å². The Hall–Kier alpha value is -0.670. The summed E-state index contributed by atoms with van der Waals surface area (Å²) in [5.74, 6) is 0. The molecule has 9 heteroatoms. The first-order valence-electron chi connectivity index (χ1n) is 3.50. The number of aromatic nitrogens is 3. The molecule has 0 spiro atoms. The van der Waals surface area contributed by atoms with E-state index in [1.807, 2.05) is 0 Å². The Balaban J connectivity index is 0.00000112. The van der Waals surface area contributed by atoms with E-state index < -0.39 is 15.0 Å². The van der Waals surface area contributed by atoms with Gasteiger partial charge in [0.15, 0.2) is 0 Å². The molecule has 1 N–H and O–H groups in total. The zero-order chi connectivity index (χ0) is 10.3. The predicted octanol–water partition coefficient (Wildman–Crippen LogP) is -3.42. The fourth-order valence-electron chi connectivity index (χ4n) is 1.11. The average molecular weight is 237 g/mol. The first-order valence-corrected chi connectivity index (χ1v) is 4.90. The van der Waals surface area contributed by atoms with Crippen LogP contribution in [0.25, 0.3) is 11.0 Å². The van der Waals surface area contributed by atoms with Crippen LogP contribution in [-0.2, 0) is 10.1 Å². The minimum absolute atomic E-state index is 0. The molecule has 0 amide bonds. The Morgan fingerprint density at radius 1 is 1.40 bits per heavy atom. The van der Waals surface area contributed by atoms with Crippen molar-refractivity contribution in [1.29, 1.82) is 0 Å². The number of rotatable bonds is 1. The molecular weight excluding hydrogens is 233 g/mol. The molecule has 2 rings (SSSR count). The van der Waals surface area contributed by atoms with E-state index in [0.29, 0.717) is 4.85 Å². The van der Waals surface area contributed by atoms with Crippen LogP contribution in [-0.4, -0.2) is 33.3 Å². The van der Waals surface area contributed by atoms with Gasteiger partial charge in [-0.2, -0.15) is 0 Å². The summed E-state index contributed by atoms with van der Waals surface area (Å²) in [5.41, 5.74) is -0.0630. The minimum Gasteiger partial charge on any atom is -0.744 e. The Kier molecular flexibility index (Phi) is 3.36. The van der Waals surface area contributed by atoms with Crippen LogP contribution in [0, 0.1) is 0 Å². The molecule has 1 heterocycles. The molecular formula is C6H4N3NaO4S. The van der Waals surface area contributed by atoms with Crippen molar-refractivity contribution in [1.82, 2.24) is 15.2 Å². The van der Waals surface area contributed by atoms with Crippen molar-refractivity contribution < 1.29 is 47.7 Å². The van der Waals surface area contributed by atoms with Crippen LogP contribution in [0.2, 0.25) is 0 Å². The molecule has 0 saturated heterocycles. The normalized spacial score (nSPS) is 11.3. The number of nitrogens with zero attached hydrogens (tertiary/aromatic N) is 3. The standard InChI is InChI=1S/C6H5N3O4S.Na/c10-9-4-2-1-3-5(14(11,12)13)6(4)7-8-9;/h1-3,10H,(H,11,12,13);/q;+1/p-1. The number of fused-ring (bicyclic) bond motifs is 1. The van der Waals surface area contributed by atoms with Gasteiger partial charge in [0.05, 0.1) is 4.90 Å². The van der Waals surface area contributed by atoms with E-state index in [0.717, 1.165) is 6.07 Å². The third kappa shape index (κ3) is 2.13. The smallest absolute Gasteiger partial charge is 0.744 e. The third-order valence-corrected chi connectivity index (χ3v) is 2.56. The third-order valence-electron chi connectivity index (χ3n) is 1.69. The molecule has 0 unspecified atom stereocenters. The van der Waals surface area contributed by atoms with Gasteiger partial charge >= 0.3 is 29.6 Å². The maximum absolute atomic E-state index is 10.7.